The number of carbonyl (C=O) groups excluding carboxylic acids is 1. The number of halogens is 1. The number of piperidine rings is 1. The van der Waals surface area contributed by atoms with E-state index in [-0.39, 0.29) is 5.91 Å². The van der Waals surface area contributed by atoms with Gasteiger partial charge in [0.2, 0.25) is 5.91 Å². The van der Waals surface area contributed by atoms with Gasteiger partial charge < -0.3 is 16.0 Å². The standard InChI is InChI=1S/C16H24ClN3O/c1-2-12-5-8-20(9-6-12)10-7-16(21)19-13-3-4-14(17)15(18)11-13/h3-4,11-12H,2,5-10,18H2,1H3,(H,19,21). The van der Waals surface area contributed by atoms with E-state index in [0.29, 0.717) is 22.8 Å². The summed E-state index contributed by atoms with van der Waals surface area (Å²) in [6.45, 7) is 5.30. The van der Waals surface area contributed by atoms with Crippen LogP contribution < -0.4 is 11.1 Å². The molecule has 1 fully saturated rings. The highest BCUT2D eigenvalue weighted by atomic mass is 35.5. The summed E-state index contributed by atoms with van der Waals surface area (Å²) < 4.78 is 0. The molecule has 116 valence electrons. The van der Waals surface area contributed by atoms with Crippen molar-refractivity contribution in [2.45, 2.75) is 32.6 Å². The van der Waals surface area contributed by atoms with E-state index >= 15 is 0 Å². The Labute approximate surface area is 131 Å². The van der Waals surface area contributed by atoms with Gasteiger partial charge in [0.25, 0.3) is 0 Å². The van der Waals surface area contributed by atoms with E-state index in [4.69, 9.17) is 17.3 Å². The van der Waals surface area contributed by atoms with E-state index in [9.17, 15) is 4.79 Å². The zero-order valence-electron chi connectivity index (χ0n) is 12.6. The first-order valence-corrected chi connectivity index (χ1v) is 8.03. The van der Waals surface area contributed by atoms with Gasteiger partial charge in [-0.05, 0) is 50.0 Å². The molecule has 3 N–H and O–H groups in total. The minimum absolute atomic E-state index is 0.0225. The lowest BCUT2D eigenvalue weighted by atomic mass is 9.94. The van der Waals surface area contributed by atoms with Crippen LogP contribution in [0.3, 0.4) is 0 Å². The summed E-state index contributed by atoms with van der Waals surface area (Å²) >= 11 is 5.86. The number of rotatable bonds is 5. The molecule has 1 aliphatic heterocycles. The lowest BCUT2D eigenvalue weighted by Gasteiger charge is -2.31. The summed E-state index contributed by atoms with van der Waals surface area (Å²) in [4.78, 5) is 14.3. The second kappa shape index (κ2) is 7.66. The van der Waals surface area contributed by atoms with Gasteiger partial charge in [0.05, 0.1) is 10.7 Å². The van der Waals surface area contributed by atoms with Crippen LogP contribution >= 0.6 is 11.6 Å². The third kappa shape index (κ3) is 4.90. The first kappa shape index (κ1) is 16.1. The molecule has 0 saturated carbocycles. The lowest BCUT2D eigenvalue weighted by Crippen LogP contribution is -2.35. The summed E-state index contributed by atoms with van der Waals surface area (Å²) in [7, 11) is 0. The van der Waals surface area contributed by atoms with Crippen molar-refractivity contribution in [3.8, 4) is 0 Å². The summed E-state index contributed by atoms with van der Waals surface area (Å²) in [6, 6.07) is 5.15. The van der Waals surface area contributed by atoms with Crippen molar-refractivity contribution in [2.75, 3.05) is 30.7 Å². The average Bonchev–Trinajstić information content (AvgIpc) is 2.49. The SMILES string of the molecule is CCC1CCN(CCC(=O)Nc2ccc(Cl)c(N)c2)CC1. The normalized spacial score (nSPS) is 16.9. The number of nitrogen functional groups attached to an aromatic ring is 1. The third-order valence-electron chi connectivity index (χ3n) is 4.22. The van der Waals surface area contributed by atoms with Gasteiger partial charge >= 0.3 is 0 Å². The fourth-order valence-corrected chi connectivity index (χ4v) is 2.84. The predicted octanol–water partition coefficient (Wildman–Crippen LogP) is 3.37. The van der Waals surface area contributed by atoms with Gasteiger partial charge in [-0.3, -0.25) is 4.79 Å². The van der Waals surface area contributed by atoms with Gasteiger partial charge in [-0.15, -0.1) is 0 Å². The molecule has 5 heteroatoms. The summed E-state index contributed by atoms with van der Waals surface area (Å²) in [6.07, 6.45) is 4.29. The first-order valence-electron chi connectivity index (χ1n) is 7.65. The number of nitrogens with two attached hydrogens (primary N) is 1. The average molecular weight is 310 g/mol. The molecular formula is C16H24ClN3O. The summed E-state index contributed by atoms with van der Waals surface area (Å²) in [5.74, 6) is 0.890. The Morgan fingerprint density at radius 3 is 2.76 bits per heavy atom. The topological polar surface area (TPSA) is 58.4 Å². The highest BCUT2D eigenvalue weighted by Crippen LogP contribution is 2.23. The van der Waals surface area contributed by atoms with E-state index in [0.717, 1.165) is 25.6 Å². The molecule has 1 saturated heterocycles. The predicted molar refractivity (Wildman–Crippen MR) is 88.6 cm³/mol. The Bertz CT molecular complexity index is 484. The summed E-state index contributed by atoms with van der Waals surface area (Å²) in [5, 5.41) is 3.37. The molecule has 1 heterocycles. The molecule has 0 bridgehead atoms. The minimum Gasteiger partial charge on any atom is -0.397 e. The smallest absolute Gasteiger partial charge is 0.225 e. The number of likely N-dealkylation sites (tertiary alicyclic amines) is 1. The van der Waals surface area contributed by atoms with Crippen LogP contribution in [0.25, 0.3) is 0 Å². The van der Waals surface area contributed by atoms with Crippen molar-refractivity contribution in [2.24, 2.45) is 5.92 Å². The van der Waals surface area contributed by atoms with Crippen LogP contribution in [0.15, 0.2) is 18.2 Å². The number of hydrogen-bond donors (Lipinski definition) is 2. The van der Waals surface area contributed by atoms with Crippen LogP contribution in [0.2, 0.25) is 5.02 Å². The number of hydrogen-bond acceptors (Lipinski definition) is 3. The van der Waals surface area contributed by atoms with Crippen molar-refractivity contribution in [3.63, 3.8) is 0 Å². The fourth-order valence-electron chi connectivity index (χ4n) is 2.72. The van der Waals surface area contributed by atoms with Crippen LogP contribution in [-0.4, -0.2) is 30.4 Å². The number of anilines is 2. The minimum atomic E-state index is 0.0225. The van der Waals surface area contributed by atoms with Crippen molar-refractivity contribution >= 4 is 28.9 Å². The largest absolute Gasteiger partial charge is 0.397 e. The van der Waals surface area contributed by atoms with E-state index in [1.165, 1.54) is 19.3 Å². The monoisotopic (exact) mass is 309 g/mol. The molecule has 0 aliphatic carbocycles. The molecule has 0 aromatic heterocycles. The van der Waals surface area contributed by atoms with Crippen LogP contribution in [0.5, 0.6) is 0 Å². The number of amides is 1. The van der Waals surface area contributed by atoms with E-state index in [1.807, 2.05) is 0 Å². The Kier molecular flexibility index (Phi) is 5.88. The van der Waals surface area contributed by atoms with Crippen molar-refractivity contribution in [1.29, 1.82) is 0 Å². The molecule has 1 aromatic carbocycles. The molecule has 1 amide bonds. The number of nitrogens with zero attached hydrogens (tertiary/aromatic N) is 1. The van der Waals surface area contributed by atoms with Gasteiger partial charge in [-0.2, -0.15) is 0 Å². The molecular weight excluding hydrogens is 286 g/mol. The van der Waals surface area contributed by atoms with Crippen molar-refractivity contribution in [1.82, 2.24) is 4.90 Å². The number of nitrogens with one attached hydrogen (secondary N) is 1. The van der Waals surface area contributed by atoms with Gasteiger partial charge in [-0.1, -0.05) is 24.9 Å². The number of carbonyl (C=O) groups is 1. The summed E-state index contributed by atoms with van der Waals surface area (Å²) in [5.41, 5.74) is 6.90. The molecule has 0 spiro atoms. The van der Waals surface area contributed by atoms with Crippen molar-refractivity contribution in [3.05, 3.63) is 23.2 Å². The molecule has 1 aliphatic rings. The van der Waals surface area contributed by atoms with Crippen LogP contribution in [0.4, 0.5) is 11.4 Å². The second-order valence-electron chi connectivity index (χ2n) is 5.73. The highest BCUT2D eigenvalue weighted by molar-refractivity contribution is 6.33. The molecule has 0 unspecified atom stereocenters. The fraction of sp³-hybridized carbons (Fsp3) is 0.562. The number of benzene rings is 1. The Balaban J connectivity index is 1.73. The van der Waals surface area contributed by atoms with E-state index in [1.54, 1.807) is 18.2 Å². The molecule has 4 nitrogen and oxygen atoms in total. The molecule has 0 radical (unpaired) electrons. The maximum absolute atomic E-state index is 12.0. The quantitative estimate of drug-likeness (QED) is 0.820. The Morgan fingerprint density at radius 1 is 1.43 bits per heavy atom. The van der Waals surface area contributed by atoms with Gasteiger partial charge in [0.1, 0.15) is 0 Å². The van der Waals surface area contributed by atoms with Crippen LogP contribution in [0.1, 0.15) is 32.6 Å². The first-order chi connectivity index (χ1) is 10.1. The second-order valence-corrected chi connectivity index (χ2v) is 6.13. The maximum Gasteiger partial charge on any atom is 0.225 e. The molecule has 21 heavy (non-hydrogen) atoms. The lowest BCUT2D eigenvalue weighted by molar-refractivity contribution is -0.116. The van der Waals surface area contributed by atoms with E-state index in [2.05, 4.69) is 17.1 Å². The maximum atomic E-state index is 12.0. The van der Waals surface area contributed by atoms with Gasteiger partial charge in [0.15, 0.2) is 0 Å². The van der Waals surface area contributed by atoms with Gasteiger partial charge in [0, 0.05) is 18.7 Å². The van der Waals surface area contributed by atoms with Gasteiger partial charge in [-0.25, -0.2) is 0 Å². The zero-order chi connectivity index (χ0) is 15.2. The Morgan fingerprint density at radius 2 is 2.14 bits per heavy atom. The van der Waals surface area contributed by atoms with Crippen molar-refractivity contribution < 1.29 is 4.79 Å². The molecule has 0 atom stereocenters. The molecule has 2 rings (SSSR count). The Hall–Kier alpha value is -1.26. The van der Waals surface area contributed by atoms with Crippen LogP contribution in [0, 0.1) is 5.92 Å². The zero-order valence-corrected chi connectivity index (χ0v) is 13.3. The highest BCUT2D eigenvalue weighted by Gasteiger charge is 2.18. The van der Waals surface area contributed by atoms with E-state index < -0.39 is 0 Å². The third-order valence-corrected chi connectivity index (χ3v) is 4.56. The van der Waals surface area contributed by atoms with Crippen LogP contribution in [-0.2, 0) is 4.79 Å². The molecule has 1 aromatic rings.